The Morgan fingerprint density at radius 3 is 2.41 bits per heavy atom. The van der Waals surface area contributed by atoms with E-state index in [9.17, 15) is 4.79 Å². The van der Waals surface area contributed by atoms with E-state index < -0.39 is 5.24 Å². The standard InChI is InChI=1S/C13H16ClNO2/c1-15-8-6-12(7-9-15)17-11-4-2-10(3-5-11)13(14)16/h2-5,12H,6-9H2,1H3. The van der Waals surface area contributed by atoms with Crippen LogP contribution in [0.1, 0.15) is 23.2 Å². The number of likely N-dealkylation sites (tertiary alicyclic amines) is 1. The van der Waals surface area contributed by atoms with Crippen LogP contribution in [0.15, 0.2) is 24.3 Å². The number of piperidine rings is 1. The molecule has 1 fully saturated rings. The van der Waals surface area contributed by atoms with Crippen LogP contribution in [-0.2, 0) is 0 Å². The minimum absolute atomic E-state index is 0.281. The van der Waals surface area contributed by atoms with Crippen LogP contribution in [0.2, 0.25) is 0 Å². The van der Waals surface area contributed by atoms with Crippen molar-refractivity contribution < 1.29 is 9.53 Å². The highest BCUT2D eigenvalue weighted by Crippen LogP contribution is 2.19. The molecule has 17 heavy (non-hydrogen) atoms. The SMILES string of the molecule is CN1CCC(Oc2ccc(C(=O)Cl)cc2)CC1. The van der Waals surface area contributed by atoms with E-state index in [-0.39, 0.29) is 6.10 Å². The van der Waals surface area contributed by atoms with Crippen LogP contribution < -0.4 is 4.74 Å². The van der Waals surface area contributed by atoms with Crippen molar-refractivity contribution in [3.05, 3.63) is 29.8 Å². The highest BCUT2D eigenvalue weighted by Gasteiger charge is 2.17. The largest absolute Gasteiger partial charge is 0.490 e. The molecule has 1 aromatic rings. The molecule has 0 amide bonds. The third-order valence-corrected chi connectivity index (χ3v) is 3.27. The van der Waals surface area contributed by atoms with Crippen molar-refractivity contribution in [3.63, 3.8) is 0 Å². The Morgan fingerprint density at radius 1 is 1.29 bits per heavy atom. The number of rotatable bonds is 3. The molecule has 3 nitrogen and oxygen atoms in total. The highest BCUT2D eigenvalue weighted by molar-refractivity contribution is 6.67. The summed E-state index contributed by atoms with van der Waals surface area (Å²) in [5.74, 6) is 0.807. The van der Waals surface area contributed by atoms with E-state index in [4.69, 9.17) is 16.3 Å². The van der Waals surface area contributed by atoms with E-state index in [2.05, 4.69) is 11.9 Å². The van der Waals surface area contributed by atoms with Crippen molar-refractivity contribution in [2.24, 2.45) is 0 Å². The summed E-state index contributed by atoms with van der Waals surface area (Å²) in [5.41, 5.74) is 0.502. The first kappa shape index (κ1) is 12.4. The molecular weight excluding hydrogens is 238 g/mol. The number of carbonyl (C=O) groups excluding carboxylic acids is 1. The minimum Gasteiger partial charge on any atom is -0.490 e. The monoisotopic (exact) mass is 253 g/mol. The van der Waals surface area contributed by atoms with Crippen molar-refractivity contribution in [3.8, 4) is 5.75 Å². The van der Waals surface area contributed by atoms with Gasteiger partial charge in [-0.1, -0.05) is 0 Å². The van der Waals surface area contributed by atoms with E-state index in [1.165, 1.54) is 0 Å². The van der Waals surface area contributed by atoms with Gasteiger partial charge in [-0.25, -0.2) is 0 Å². The Kier molecular flexibility index (Phi) is 4.02. The lowest BCUT2D eigenvalue weighted by atomic mass is 10.1. The van der Waals surface area contributed by atoms with E-state index in [1.54, 1.807) is 24.3 Å². The molecule has 0 saturated carbocycles. The second kappa shape index (κ2) is 5.52. The summed E-state index contributed by atoms with van der Waals surface area (Å²) in [6.07, 6.45) is 2.38. The molecule has 4 heteroatoms. The molecule has 0 spiro atoms. The lowest BCUT2D eigenvalue weighted by Gasteiger charge is -2.29. The lowest BCUT2D eigenvalue weighted by Crippen LogP contribution is -2.35. The van der Waals surface area contributed by atoms with E-state index >= 15 is 0 Å². The molecule has 0 radical (unpaired) electrons. The molecule has 1 heterocycles. The van der Waals surface area contributed by atoms with Crippen molar-refractivity contribution in [2.75, 3.05) is 20.1 Å². The van der Waals surface area contributed by atoms with Crippen LogP contribution in [0.4, 0.5) is 0 Å². The Balaban J connectivity index is 1.92. The summed E-state index contributed by atoms with van der Waals surface area (Å²) < 4.78 is 5.86. The summed E-state index contributed by atoms with van der Waals surface area (Å²) in [5, 5.41) is -0.434. The number of ether oxygens (including phenoxy) is 1. The molecule has 0 N–H and O–H groups in total. The topological polar surface area (TPSA) is 29.5 Å². The quantitative estimate of drug-likeness (QED) is 0.776. The molecule has 1 aliphatic rings. The number of hydrogen-bond acceptors (Lipinski definition) is 3. The Hall–Kier alpha value is -1.06. The Labute approximate surface area is 106 Å². The molecule has 92 valence electrons. The van der Waals surface area contributed by atoms with Crippen molar-refractivity contribution in [2.45, 2.75) is 18.9 Å². The van der Waals surface area contributed by atoms with Gasteiger partial charge in [0.2, 0.25) is 0 Å². The average molecular weight is 254 g/mol. The summed E-state index contributed by atoms with van der Waals surface area (Å²) in [6.45, 7) is 2.14. The molecule has 1 aliphatic heterocycles. The van der Waals surface area contributed by atoms with Crippen LogP contribution in [0.25, 0.3) is 0 Å². The van der Waals surface area contributed by atoms with E-state index in [1.807, 2.05) is 0 Å². The molecule has 2 rings (SSSR count). The summed E-state index contributed by atoms with van der Waals surface area (Å²) >= 11 is 5.38. The maximum Gasteiger partial charge on any atom is 0.252 e. The van der Waals surface area contributed by atoms with Crippen LogP contribution in [0.5, 0.6) is 5.75 Å². The first-order valence-corrected chi connectivity index (χ1v) is 6.18. The van der Waals surface area contributed by atoms with Gasteiger partial charge < -0.3 is 9.64 Å². The number of nitrogens with zero attached hydrogens (tertiary/aromatic N) is 1. The molecule has 0 atom stereocenters. The van der Waals surface area contributed by atoms with Gasteiger partial charge in [0.15, 0.2) is 0 Å². The van der Waals surface area contributed by atoms with E-state index in [0.717, 1.165) is 31.7 Å². The average Bonchev–Trinajstić information content (AvgIpc) is 2.33. The molecule has 0 aromatic heterocycles. The molecule has 1 aromatic carbocycles. The first-order valence-electron chi connectivity index (χ1n) is 5.80. The minimum atomic E-state index is -0.434. The predicted octanol–water partition coefficient (Wildman–Crippen LogP) is 2.54. The zero-order chi connectivity index (χ0) is 12.3. The second-order valence-electron chi connectivity index (χ2n) is 4.42. The van der Waals surface area contributed by atoms with Gasteiger partial charge in [-0.3, -0.25) is 4.79 Å². The molecule has 1 saturated heterocycles. The van der Waals surface area contributed by atoms with Gasteiger partial charge in [0.1, 0.15) is 11.9 Å². The Morgan fingerprint density at radius 2 is 1.88 bits per heavy atom. The Bertz CT molecular complexity index is 383. The zero-order valence-corrected chi connectivity index (χ0v) is 10.6. The number of hydrogen-bond donors (Lipinski definition) is 0. The molecule has 0 unspecified atom stereocenters. The maximum atomic E-state index is 10.9. The molecule has 0 bridgehead atoms. The van der Waals surface area contributed by atoms with Gasteiger partial charge in [-0.2, -0.15) is 0 Å². The fourth-order valence-corrected chi connectivity index (χ4v) is 2.09. The van der Waals surface area contributed by atoms with Gasteiger partial charge in [-0.15, -0.1) is 0 Å². The zero-order valence-electron chi connectivity index (χ0n) is 9.86. The van der Waals surface area contributed by atoms with Crippen molar-refractivity contribution in [1.82, 2.24) is 4.90 Å². The summed E-state index contributed by atoms with van der Waals surface area (Å²) in [7, 11) is 2.12. The third kappa shape index (κ3) is 3.45. The van der Waals surface area contributed by atoms with Crippen LogP contribution >= 0.6 is 11.6 Å². The van der Waals surface area contributed by atoms with Crippen LogP contribution in [0, 0.1) is 0 Å². The van der Waals surface area contributed by atoms with Gasteiger partial charge in [0.25, 0.3) is 5.24 Å². The normalized spacial score (nSPS) is 18.0. The van der Waals surface area contributed by atoms with Gasteiger partial charge in [0.05, 0.1) is 0 Å². The second-order valence-corrected chi connectivity index (χ2v) is 4.76. The van der Waals surface area contributed by atoms with Gasteiger partial charge in [-0.05, 0) is 55.8 Å². The predicted molar refractivity (Wildman–Crippen MR) is 67.8 cm³/mol. The molecular formula is C13H16ClNO2. The maximum absolute atomic E-state index is 10.9. The van der Waals surface area contributed by atoms with Gasteiger partial charge >= 0.3 is 0 Å². The fraction of sp³-hybridized carbons (Fsp3) is 0.462. The highest BCUT2D eigenvalue weighted by atomic mass is 35.5. The fourth-order valence-electron chi connectivity index (χ4n) is 1.96. The molecule has 0 aliphatic carbocycles. The van der Waals surface area contributed by atoms with Crippen molar-refractivity contribution >= 4 is 16.8 Å². The smallest absolute Gasteiger partial charge is 0.252 e. The first-order chi connectivity index (χ1) is 8.15. The number of halogens is 1. The summed E-state index contributed by atoms with van der Waals surface area (Å²) in [6, 6.07) is 6.99. The van der Waals surface area contributed by atoms with Crippen molar-refractivity contribution in [1.29, 1.82) is 0 Å². The number of carbonyl (C=O) groups is 1. The lowest BCUT2D eigenvalue weighted by molar-refractivity contribution is 0.108. The van der Waals surface area contributed by atoms with Gasteiger partial charge in [0, 0.05) is 18.7 Å². The number of benzene rings is 1. The summed E-state index contributed by atoms with van der Waals surface area (Å²) in [4.78, 5) is 13.2. The third-order valence-electron chi connectivity index (χ3n) is 3.05. The van der Waals surface area contributed by atoms with Crippen LogP contribution in [0.3, 0.4) is 0 Å². The van der Waals surface area contributed by atoms with Crippen LogP contribution in [-0.4, -0.2) is 36.4 Å². The van der Waals surface area contributed by atoms with E-state index in [0.29, 0.717) is 5.56 Å².